The minimum Gasteiger partial charge on any atom is -0.456 e. The second-order valence-corrected chi connectivity index (χ2v) is 6.45. The van der Waals surface area contributed by atoms with Gasteiger partial charge in [-0.25, -0.2) is 14.0 Å². The highest BCUT2D eigenvalue weighted by molar-refractivity contribution is 5.81. The number of alkyl halides is 12. The highest BCUT2D eigenvalue weighted by Gasteiger charge is 2.80. The molecule has 0 heterocycles. The van der Waals surface area contributed by atoms with Crippen LogP contribution in [0.4, 0.5) is 61.7 Å². The van der Waals surface area contributed by atoms with E-state index in [1.807, 2.05) is 0 Å². The first kappa shape index (κ1) is 35.3. The van der Waals surface area contributed by atoms with Gasteiger partial charge in [0.25, 0.3) is 0 Å². The van der Waals surface area contributed by atoms with Crippen molar-refractivity contribution in [2.45, 2.75) is 41.9 Å². The molecule has 8 nitrogen and oxygen atoms in total. The average Bonchev–Trinajstić information content (AvgIpc) is 2.83. The zero-order valence-corrected chi connectivity index (χ0v) is 17.7. The lowest BCUT2D eigenvalue weighted by atomic mass is 10.1. The van der Waals surface area contributed by atoms with Gasteiger partial charge in [0.05, 0.1) is 0 Å². The molecule has 222 valence electrons. The van der Waals surface area contributed by atoms with Gasteiger partial charge >= 0.3 is 53.8 Å². The van der Waals surface area contributed by atoms with Crippen LogP contribution in [-0.2, 0) is 38.4 Å². The van der Waals surface area contributed by atoms with Crippen LogP contribution in [-0.4, -0.2) is 73.6 Å². The Balaban J connectivity index is 6.47. The maximum Gasteiger partial charge on any atom is 0.453 e. The quantitative estimate of drug-likeness (QED) is 0.136. The Morgan fingerprint density at radius 3 is 1.34 bits per heavy atom. The molecule has 0 saturated heterocycles. The Labute approximate surface area is 200 Å². The molecule has 0 fully saturated rings. The van der Waals surface area contributed by atoms with E-state index in [2.05, 4.69) is 32.1 Å². The largest absolute Gasteiger partial charge is 0.456 e. The van der Waals surface area contributed by atoms with Gasteiger partial charge in [0.2, 0.25) is 0 Å². The van der Waals surface area contributed by atoms with Crippen LogP contribution in [0.15, 0.2) is 25.3 Å². The summed E-state index contributed by atoms with van der Waals surface area (Å²) in [4.78, 5) is 24.5. The van der Waals surface area contributed by atoms with E-state index in [1.54, 1.807) is 4.94 Å². The van der Waals surface area contributed by atoms with Gasteiger partial charge in [-0.15, -0.1) is 9.88 Å². The van der Waals surface area contributed by atoms with Crippen LogP contribution < -0.4 is 0 Å². The van der Waals surface area contributed by atoms with Crippen molar-refractivity contribution in [1.82, 2.24) is 0 Å². The summed E-state index contributed by atoms with van der Waals surface area (Å²) in [7, 11) is 0. The first-order valence-corrected chi connectivity index (χ1v) is 8.73. The van der Waals surface area contributed by atoms with Gasteiger partial charge in [0.15, 0.2) is 13.2 Å². The third-order valence-electron chi connectivity index (χ3n) is 3.76. The monoisotopic (exact) mass is 598 g/mol. The number of rotatable bonds is 17. The molecule has 0 radical (unpaired) electrons. The predicted octanol–water partition coefficient (Wildman–Crippen LogP) is 4.66. The van der Waals surface area contributed by atoms with E-state index in [0.717, 1.165) is 0 Å². The zero-order valence-electron chi connectivity index (χ0n) is 17.7. The van der Waals surface area contributed by atoms with E-state index < -0.39 is 73.6 Å². The molecule has 0 N–H and O–H groups in total. The zero-order chi connectivity index (χ0) is 30.4. The summed E-state index contributed by atoms with van der Waals surface area (Å²) in [5, 5.41) is 0. The lowest BCUT2D eigenvalue weighted by Gasteiger charge is -2.40. The van der Waals surface area contributed by atoms with Crippen molar-refractivity contribution in [2.24, 2.45) is 0 Å². The van der Waals surface area contributed by atoms with Crippen molar-refractivity contribution in [2.75, 3.05) is 19.8 Å². The molecular formula is C16H12F14O8. The molecule has 0 aliphatic carbocycles. The van der Waals surface area contributed by atoms with Crippen LogP contribution in [0.25, 0.3) is 0 Å². The number of esters is 2. The molecule has 0 bridgehead atoms. The number of ether oxygens (including phenoxy) is 4. The second-order valence-electron chi connectivity index (χ2n) is 6.45. The highest BCUT2D eigenvalue weighted by Crippen LogP contribution is 2.51. The molecule has 0 saturated carbocycles. The fraction of sp³-hybridized carbons (Fsp3) is 0.625. The maximum absolute atomic E-state index is 14.9. The lowest BCUT2D eigenvalue weighted by molar-refractivity contribution is -0.553. The van der Waals surface area contributed by atoms with Crippen molar-refractivity contribution in [3.05, 3.63) is 25.3 Å². The summed E-state index contributed by atoms with van der Waals surface area (Å²) in [6.45, 7) is -4.14. The van der Waals surface area contributed by atoms with Gasteiger partial charge in [-0.1, -0.05) is 13.2 Å². The van der Waals surface area contributed by atoms with Gasteiger partial charge in [0, 0.05) is 12.2 Å². The van der Waals surface area contributed by atoms with Crippen molar-refractivity contribution >= 4 is 11.9 Å². The minimum absolute atomic E-state index is 0.0830. The number of carbonyl (C=O) groups excluding carboxylic acids is 2. The van der Waals surface area contributed by atoms with E-state index in [-0.39, 0.29) is 12.2 Å². The molecule has 0 aliphatic heterocycles. The van der Waals surface area contributed by atoms with Gasteiger partial charge in [-0.3, -0.25) is 4.74 Å². The summed E-state index contributed by atoms with van der Waals surface area (Å²) < 4.78 is 202. The average molecular weight is 598 g/mol. The fourth-order valence-corrected chi connectivity index (χ4v) is 1.73. The minimum atomic E-state index is -6.94. The Morgan fingerprint density at radius 2 is 1.00 bits per heavy atom. The summed E-state index contributed by atoms with van der Waals surface area (Å²) in [6, 6.07) is 0. The molecule has 0 aromatic carbocycles. The third kappa shape index (κ3) is 7.44. The molecule has 38 heavy (non-hydrogen) atoms. The Bertz CT molecular complexity index is 869. The predicted molar refractivity (Wildman–Crippen MR) is 86.1 cm³/mol. The number of halogens is 14. The molecule has 0 aromatic heterocycles. The molecule has 0 aliphatic rings. The molecular weight excluding hydrogens is 586 g/mol. The summed E-state index contributed by atoms with van der Waals surface area (Å²) in [6.07, 6.45) is -19.9. The Morgan fingerprint density at radius 1 is 0.605 bits per heavy atom. The molecule has 0 amide bonds. The smallest absolute Gasteiger partial charge is 0.453 e. The van der Waals surface area contributed by atoms with Crippen molar-refractivity contribution in [3.8, 4) is 0 Å². The summed E-state index contributed by atoms with van der Waals surface area (Å²) >= 11 is 0. The molecule has 2 unspecified atom stereocenters. The number of hydrogen-bond donors (Lipinski definition) is 0. The second kappa shape index (κ2) is 12.0. The van der Waals surface area contributed by atoms with Gasteiger partial charge in [-0.2, -0.15) is 48.3 Å². The topological polar surface area (TPSA) is 89.5 Å². The maximum atomic E-state index is 14.9. The van der Waals surface area contributed by atoms with Crippen molar-refractivity contribution in [3.63, 3.8) is 0 Å². The molecule has 0 spiro atoms. The van der Waals surface area contributed by atoms with Gasteiger partial charge in [0.1, 0.15) is 6.61 Å². The number of hydrogen-bond acceptors (Lipinski definition) is 8. The molecule has 2 atom stereocenters. The van der Waals surface area contributed by atoms with Crippen LogP contribution in [0.2, 0.25) is 0 Å². The third-order valence-corrected chi connectivity index (χ3v) is 3.76. The molecule has 22 heteroatoms. The van der Waals surface area contributed by atoms with E-state index in [4.69, 9.17) is 0 Å². The fourth-order valence-electron chi connectivity index (χ4n) is 1.73. The van der Waals surface area contributed by atoms with Gasteiger partial charge in [-0.05, 0) is 9.05 Å². The highest BCUT2D eigenvalue weighted by atomic mass is 19.4. The van der Waals surface area contributed by atoms with E-state index in [1.165, 1.54) is 4.94 Å². The van der Waals surface area contributed by atoms with Crippen LogP contribution >= 0.6 is 0 Å². The molecule has 0 aromatic rings. The van der Waals surface area contributed by atoms with Crippen molar-refractivity contribution < 1.29 is 100 Å². The standard InChI is InChI=1S/C16H12F14O8/c1-3-8(31)33-5-10(17,18)14(23,24)35-7-12(21,13(22,37-29)16(27,28)38-30)36-15(25,26)11(19,20)6-34-9(32)4-2/h3-4H,1-2,5-7H2. The summed E-state index contributed by atoms with van der Waals surface area (Å²) in [5.74, 6) is -29.3. The van der Waals surface area contributed by atoms with Gasteiger partial charge < -0.3 is 14.2 Å². The van der Waals surface area contributed by atoms with E-state index in [0.29, 0.717) is 0 Å². The first-order chi connectivity index (χ1) is 16.9. The lowest BCUT2D eigenvalue weighted by Crippen LogP contribution is -2.67. The van der Waals surface area contributed by atoms with Crippen LogP contribution in [0.3, 0.4) is 0 Å². The Kier molecular flexibility index (Phi) is 11.1. The number of carbonyl (C=O) groups is 2. The Hall–Kier alpha value is -2.72. The van der Waals surface area contributed by atoms with E-state index in [9.17, 15) is 71.3 Å². The SMILES string of the molecule is C=CC(=O)OCC(F)(F)C(F)(F)OCC(F)(OC(F)(F)C(F)(F)COC(=O)C=C)C(F)(OF)C(F)(F)OF. The van der Waals surface area contributed by atoms with E-state index >= 15 is 0 Å². The van der Waals surface area contributed by atoms with Crippen LogP contribution in [0.5, 0.6) is 0 Å². The van der Waals surface area contributed by atoms with Crippen LogP contribution in [0, 0.1) is 0 Å². The molecule has 0 rings (SSSR count). The van der Waals surface area contributed by atoms with Crippen LogP contribution in [0.1, 0.15) is 0 Å². The first-order valence-electron chi connectivity index (χ1n) is 8.73. The summed E-state index contributed by atoms with van der Waals surface area (Å²) in [5.41, 5.74) is 0. The normalized spacial score (nSPS) is 16.7. The van der Waals surface area contributed by atoms with Crippen molar-refractivity contribution in [1.29, 1.82) is 0 Å².